The van der Waals surface area contributed by atoms with E-state index in [1.807, 2.05) is 0 Å². The van der Waals surface area contributed by atoms with Crippen LogP contribution < -0.4 is 16.6 Å². The van der Waals surface area contributed by atoms with Crippen LogP contribution in [0.4, 0.5) is 11.6 Å². The second kappa shape index (κ2) is 4.79. The molecule has 0 spiro atoms. The standard InChI is InChI=1S/C14H18N4O2/c1-20-14(5-2-6-14)8-16-13-17-11-4-3-9(15)7-10(11)12(19)18-13/h3-4,7H,2,5-6,8,15H2,1H3,(H2,16,17,18,19). The van der Waals surface area contributed by atoms with Gasteiger partial charge in [0.15, 0.2) is 0 Å². The highest BCUT2D eigenvalue weighted by Gasteiger charge is 2.36. The van der Waals surface area contributed by atoms with Crippen molar-refractivity contribution in [2.45, 2.75) is 24.9 Å². The lowest BCUT2D eigenvalue weighted by Gasteiger charge is -2.40. The number of hydrogen-bond donors (Lipinski definition) is 3. The Hall–Kier alpha value is -2.08. The zero-order valence-corrected chi connectivity index (χ0v) is 11.4. The highest BCUT2D eigenvalue weighted by Crippen LogP contribution is 2.34. The average Bonchev–Trinajstić information content (AvgIpc) is 2.39. The van der Waals surface area contributed by atoms with E-state index in [9.17, 15) is 4.79 Å². The van der Waals surface area contributed by atoms with Gasteiger partial charge in [-0.15, -0.1) is 0 Å². The summed E-state index contributed by atoms with van der Waals surface area (Å²) in [5.41, 5.74) is 6.56. The number of hydrogen-bond acceptors (Lipinski definition) is 5. The topological polar surface area (TPSA) is 93.0 Å². The summed E-state index contributed by atoms with van der Waals surface area (Å²) in [6.45, 7) is 0.646. The first-order valence-corrected chi connectivity index (χ1v) is 6.70. The van der Waals surface area contributed by atoms with Gasteiger partial charge in [-0.05, 0) is 37.5 Å². The molecule has 6 nitrogen and oxygen atoms in total. The highest BCUT2D eigenvalue weighted by atomic mass is 16.5. The second-order valence-corrected chi connectivity index (χ2v) is 5.29. The third kappa shape index (κ3) is 2.22. The van der Waals surface area contributed by atoms with Crippen LogP contribution >= 0.6 is 0 Å². The van der Waals surface area contributed by atoms with E-state index in [0.717, 1.165) is 12.8 Å². The molecule has 1 heterocycles. The van der Waals surface area contributed by atoms with Crippen molar-refractivity contribution in [1.82, 2.24) is 9.97 Å². The molecule has 1 fully saturated rings. The molecule has 1 aromatic carbocycles. The van der Waals surface area contributed by atoms with Gasteiger partial charge >= 0.3 is 0 Å². The smallest absolute Gasteiger partial charge is 0.260 e. The summed E-state index contributed by atoms with van der Waals surface area (Å²) >= 11 is 0. The number of nitrogens with one attached hydrogen (secondary N) is 2. The summed E-state index contributed by atoms with van der Waals surface area (Å²) in [4.78, 5) is 19.1. The van der Waals surface area contributed by atoms with Crippen LogP contribution in [0.2, 0.25) is 0 Å². The first-order valence-electron chi connectivity index (χ1n) is 6.70. The van der Waals surface area contributed by atoms with Gasteiger partial charge in [0.05, 0.1) is 16.5 Å². The Morgan fingerprint density at radius 3 is 2.95 bits per heavy atom. The van der Waals surface area contributed by atoms with Gasteiger partial charge < -0.3 is 15.8 Å². The molecular formula is C14H18N4O2. The molecule has 0 unspecified atom stereocenters. The van der Waals surface area contributed by atoms with E-state index in [0.29, 0.717) is 29.1 Å². The van der Waals surface area contributed by atoms with E-state index in [1.54, 1.807) is 25.3 Å². The van der Waals surface area contributed by atoms with E-state index in [-0.39, 0.29) is 11.2 Å². The molecule has 1 aliphatic carbocycles. The van der Waals surface area contributed by atoms with Crippen LogP contribution in [0.5, 0.6) is 0 Å². The maximum Gasteiger partial charge on any atom is 0.260 e. The van der Waals surface area contributed by atoms with Gasteiger partial charge in [-0.3, -0.25) is 9.78 Å². The number of H-pyrrole nitrogens is 1. The number of methoxy groups -OCH3 is 1. The number of ether oxygens (including phenoxy) is 1. The van der Waals surface area contributed by atoms with E-state index in [1.165, 1.54) is 6.42 Å². The van der Waals surface area contributed by atoms with Crippen molar-refractivity contribution in [3.8, 4) is 0 Å². The van der Waals surface area contributed by atoms with Crippen molar-refractivity contribution < 1.29 is 4.74 Å². The Kier molecular flexibility index (Phi) is 3.10. The summed E-state index contributed by atoms with van der Waals surface area (Å²) in [6, 6.07) is 5.12. The number of benzene rings is 1. The predicted octanol–water partition coefficient (Wildman–Crippen LogP) is 1.49. The van der Waals surface area contributed by atoms with Gasteiger partial charge in [0.25, 0.3) is 5.56 Å². The molecule has 0 radical (unpaired) electrons. The van der Waals surface area contributed by atoms with Crippen LogP contribution in [0.25, 0.3) is 10.9 Å². The van der Waals surface area contributed by atoms with Crippen molar-refractivity contribution in [3.63, 3.8) is 0 Å². The third-order valence-electron chi connectivity index (χ3n) is 4.01. The molecule has 106 valence electrons. The molecule has 20 heavy (non-hydrogen) atoms. The van der Waals surface area contributed by atoms with Gasteiger partial charge in [-0.25, -0.2) is 4.98 Å². The van der Waals surface area contributed by atoms with Crippen LogP contribution in [-0.4, -0.2) is 29.2 Å². The normalized spacial score (nSPS) is 16.9. The largest absolute Gasteiger partial charge is 0.399 e. The molecule has 3 rings (SSSR count). The molecule has 0 amide bonds. The summed E-state index contributed by atoms with van der Waals surface area (Å²) < 4.78 is 5.53. The van der Waals surface area contributed by atoms with Crippen molar-refractivity contribution in [3.05, 3.63) is 28.6 Å². The summed E-state index contributed by atoms with van der Waals surface area (Å²) in [5, 5.41) is 3.66. The fraction of sp³-hybridized carbons (Fsp3) is 0.429. The minimum absolute atomic E-state index is 0.116. The summed E-state index contributed by atoms with van der Waals surface area (Å²) in [6.07, 6.45) is 3.24. The van der Waals surface area contributed by atoms with Crippen molar-refractivity contribution in [2.75, 3.05) is 24.7 Å². The number of nitrogens with zero attached hydrogens (tertiary/aromatic N) is 1. The predicted molar refractivity (Wildman–Crippen MR) is 78.9 cm³/mol. The molecule has 1 aliphatic rings. The highest BCUT2D eigenvalue weighted by molar-refractivity contribution is 5.81. The lowest BCUT2D eigenvalue weighted by molar-refractivity contribution is -0.0602. The van der Waals surface area contributed by atoms with E-state index >= 15 is 0 Å². The number of fused-ring (bicyclic) bond motifs is 1. The van der Waals surface area contributed by atoms with Crippen LogP contribution in [-0.2, 0) is 4.74 Å². The third-order valence-corrected chi connectivity index (χ3v) is 4.01. The molecule has 6 heteroatoms. The number of aromatic amines is 1. The fourth-order valence-corrected chi connectivity index (χ4v) is 2.51. The zero-order chi connectivity index (χ0) is 14.2. The number of aromatic nitrogens is 2. The van der Waals surface area contributed by atoms with Gasteiger partial charge in [-0.1, -0.05) is 0 Å². The Bertz CT molecular complexity index is 686. The molecule has 1 saturated carbocycles. The van der Waals surface area contributed by atoms with E-state index in [4.69, 9.17) is 10.5 Å². The number of nitrogens with two attached hydrogens (primary N) is 1. The Morgan fingerprint density at radius 1 is 1.50 bits per heavy atom. The lowest BCUT2D eigenvalue weighted by Crippen LogP contribution is -2.45. The van der Waals surface area contributed by atoms with Crippen molar-refractivity contribution in [1.29, 1.82) is 0 Å². The van der Waals surface area contributed by atoms with Gasteiger partial charge in [0.1, 0.15) is 0 Å². The monoisotopic (exact) mass is 274 g/mol. The van der Waals surface area contributed by atoms with Crippen molar-refractivity contribution >= 4 is 22.5 Å². The lowest BCUT2D eigenvalue weighted by atomic mass is 9.80. The van der Waals surface area contributed by atoms with Crippen LogP contribution in [0.15, 0.2) is 23.0 Å². The first kappa shape index (κ1) is 12.9. The molecule has 1 aromatic heterocycles. The van der Waals surface area contributed by atoms with Crippen LogP contribution in [0.3, 0.4) is 0 Å². The molecule has 2 aromatic rings. The molecule has 0 atom stereocenters. The Balaban J connectivity index is 1.86. The fourth-order valence-electron chi connectivity index (χ4n) is 2.51. The second-order valence-electron chi connectivity index (χ2n) is 5.29. The number of nitrogen functional groups attached to an aromatic ring is 1. The maximum atomic E-state index is 12.0. The van der Waals surface area contributed by atoms with Gasteiger partial charge in [0, 0.05) is 19.3 Å². The summed E-state index contributed by atoms with van der Waals surface area (Å²) in [7, 11) is 1.72. The average molecular weight is 274 g/mol. The van der Waals surface area contributed by atoms with Gasteiger partial charge in [0.2, 0.25) is 5.95 Å². The van der Waals surface area contributed by atoms with Gasteiger partial charge in [-0.2, -0.15) is 0 Å². The molecule has 0 aliphatic heterocycles. The van der Waals surface area contributed by atoms with Crippen molar-refractivity contribution in [2.24, 2.45) is 0 Å². The minimum Gasteiger partial charge on any atom is -0.399 e. The Labute approximate surface area is 116 Å². The molecule has 0 bridgehead atoms. The molecule has 0 saturated heterocycles. The minimum atomic E-state index is -0.190. The first-order chi connectivity index (χ1) is 9.62. The van der Waals surface area contributed by atoms with Crippen LogP contribution in [0, 0.1) is 0 Å². The quantitative estimate of drug-likeness (QED) is 0.734. The SMILES string of the molecule is COC1(CNc2nc3ccc(N)cc3c(=O)[nH]2)CCC1. The summed E-state index contributed by atoms with van der Waals surface area (Å²) in [5.74, 6) is 0.468. The molecular weight excluding hydrogens is 256 g/mol. The maximum absolute atomic E-state index is 12.0. The molecule has 4 N–H and O–H groups in total. The number of rotatable bonds is 4. The van der Waals surface area contributed by atoms with E-state index < -0.39 is 0 Å². The van der Waals surface area contributed by atoms with E-state index in [2.05, 4.69) is 15.3 Å². The number of anilines is 2. The zero-order valence-electron chi connectivity index (χ0n) is 11.4. The van der Waals surface area contributed by atoms with Crippen LogP contribution in [0.1, 0.15) is 19.3 Å². The Morgan fingerprint density at radius 2 is 2.30 bits per heavy atom.